The molecule has 3 aromatic rings. The number of aromatic hydroxyl groups is 1. The fraction of sp³-hybridized carbons (Fsp3) is 0.0769. The third-order valence-electron chi connectivity index (χ3n) is 2.65. The van der Waals surface area contributed by atoms with Gasteiger partial charge in [0, 0.05) is 11.0 Å². The Morgan fingerprint density at radius 1 is 1.32 bits per heavy atom. The van der Waals surface area contributed by atoms with Crippen LogP contribution in [0.25, 0.3) is 5.65 Å². The molecule has 0 unspecified atom stereocenters. The third-order valence-corrected chi connectivity index (χ3v) is 3.83. The fourth-order valence-corrected chi connectivity index (χ4v) is 2.72. The normalized spacial score (nSPS) is 11.1. The zero-order valence-electron chi connectivity index (χ0n) is 10.0. The molecule has 0 fully saturated rings. The Kier molecular flexibility index (Phi) is 2.87. The minimum absolute atomic E-state index is 0.0155. The number of aryl methyl sites for hydroxylation is 1. The fourth-order valence-electron chi connectivity index (χ4n) is 1.79. The smallest absolute Gasteiger partial charge is 0.230 e. The first-order chi connectivity index (χ1) is 9.15. The summed E-state index contributed by atoms with van der Waals surface area (Å²) in [6, 6.07) is 7.91. The van der Waals surface area contributed by atoms with Crippen LogP contribution in [0.2, 0.25) is 0 Å². The van der Waals surface area contributed by atoms with Gasteiger partial charge in [0.05, 0.1) is 16.8 Å². The minimum Gasteiger partial charge on any atom is -0.492 e. The molecule has 0 aliphatic heterocycles. The number of hydrogen-bond donors (Lipinski definition) is 1. The summed E-state index contributed by atoms with van der Waals surface area (Å²) in [4.78, 5) is 5.61. The van der Waals surface area contributed by atoms with Gasteiger partial charge in [-0.05, 0) is 25.1 Å². The van der Waals surface area contributed by atoms with Crippen molar-refractivity contribution in [3.8, 4) is 5.88 Å². The van der Waals surface area contributed by atoms with Gasteiger partial charge in [0.1, 0.15) is 5.82 Å². The highest BCUT2D eigenvalue weighted by atomic mass is 32.2. The second-order valence-corrected chi connectivity index (χ2v) is 5.09. The first kappa shape index (κ1) is 12.0. The molecular formula is C13H10FN3OS. The summed E-state index contributed by atoms with van der Waals surface area (Å²) in [6.07, 6.45) is 1.57. The van der Waals surface area contributed by atoms with Crippen LogP contribution in [0.15, 0.2) is 46.3 Å². The van der Waals surface area contributed by atoms with Crippen LogP contribution in [0.4, 0.5) is 4.39 Å². The predicted molar refractivity (Wildman–Crippen MR) is 69.9 cm³/mol. The van der Waals surface area contributed by atoms with Gasteiger partial charge < -0.3 is 5.11 Å². The van der Waals surface area contributed by atoms with Gasteiger partial charge in [-0.1, -0.05) is 17.8 Å². The van der Waals surface area contributed by atoms with Crippen molar-refractivity contribution in [2.75, 3.05) is 0 Å². The van der Waals surface area contributed by atoms with Crippen LogP contribution in [0.1, 0.15) is 5.69 Å². The summed E-state index contributed by atoms with van der Waals surface area (Å²) in [5.41, 5.74) is 1.26. The molecule has 0 saturated carbocycles. The highest BCUT2D eigenvalue weighted by molar-refractivity contribution is 7.99. The number of nitrogens with zero attached hydrogens (tertiary/aromatic N) is 3. The van der Waals surface area contributed by atoms with Crippen molar-refractivity contribution >= 4 is 17.4 Å². The van der Waals surface area contributed by atoms with Gasteiger partial charge in [-0.3, -0.25) is 0 Å². The van der Waals surface area contributed by atoms with Crippen LogP contribution in [-0.2, 0) is 0 Å². The first-order valence-corrected chi connectivity index (χ1v) is 6.43. The van der Waals surface area contributed by atoms with Gasteiger partial charge in [-0.2, -0.15) is 9.61 Å². The Hall–Kier alpha value is -2.08. The van der Waals surface area contributed by atoms with Crippen molar-refractivity contribution in [2.45, 2.75) is 16.7 Å². The number of halogens is 1. The summed E-state index contributed by atoms with van der Waals surface area (Å²) < 4.78 is 14.5. The van der Waals surface area contributed by atoms with E-state index in [-0.39, 0.29) is 11.7 Å². The summed E-state index contributed by atoms with van der Waals surface area (Å²) in [5, 5.41) is 14.2. The van der Waals surface area contributed by atoms with Gasteiger partial charge >= 0.3 is 0 Å². The molecule has 0 aliphatic rings. The first-order valence-electron chi connectivity index (χ1n) is 5.62. The monoisotopic (exact) mass is 275 g/mol. The van der Waals surface area contributed by atoms with Crippen molar-refractivity contribution in [3.63, 3.8) is 0 Å². The van der Waals surface area contributed by atoms with E-state index in [0.29, 0.717) is 21.1 Å². The van der Waals surface area contributed by atoms with Crippen LogP contribution < -0.4 is 0 Å². The molecule has 1 N–H and O–H groups in total. The van der Waals surface area contributed by atoms with Crippen molar-refractivity contribution in [1.82, 2.24) is 14.6 Å². The van der Waals surface area contributed by atoms with Crippen molar-refractivity contribution in [3.05, 3.63) is 48.0 Å². The summed E-state index contributed by atoms with van der Waals surface area (Å²) >= 11 is 1.26. The molecular weight excluding hydrogens is 265 g/mol. The standard InChI is InChI=1S/C13H10FN3OS/c1-8-12(19-10-4-2-3-9(14)7-10)13(18)17-11(16-8)5-6-15-17/h2-7,18H,1H3. The number of benzene rings is 1. The lowest BCUT2D eigenvalue weighted by molar-refractivity contribution is 0.419. The average molecular weight is 275 g/mol. The van der Waals surface area contributed by atoms with Crippen LogP contribution in [0.5, 0.6) is 5.88 Å². The Morgan fingerprint density at radius 2 is 2.16 bits per heavy atom. The zero-order valence-corrected chi connectivity index (χ0v) is 10.9. The summed E-state index contributed by atoms with van der Waals surface area (Å²) in [5.74, 6) is -0.294. The van der Waals surface area contributed by atoms with Crippen LogP contribution in [-0.4, -0.2) is 19.7 Å². The molecule has 1 aromatic carbocycles. The van der Waals surface area contributed by atoms with E-state index in [1.165, 1.54) is 28.4 Å². The molecule has 0 radical (unpaired) electrons. The van der Waals surface area contributed by atoms with Crippen molar-refractivity contribution in [2.24, 2.45) is 0 Å². The molecule has 0 aliphatic carbocycles. The van der Waals surface area contributed by atoms with Gasteiger partial charge in [-0.15, -0.1) is 0 Å². The average Bonchev–Trinajstić information content (AvgIpc) is 2.83. The lowest BCUT2D eigenvalue weighted by Gasteiger charge is -2.08. The molecule has 4 nitrogen and oxygen atoms in total. The summed E-state index contributed by atoms with van der Waals surface area (Å²) in [6.45, 7) is 1.80. The molecule has 0 amide bonds. The SMILES string of the molecule is Cc1nc2ccnn2c(O)c1Sc1cccc(F)c1. The van der Waals surface area contributed by atoms with Crippen LogP contribution >= 0.6 is 11.8 Å². The molecule has 0 saturated heterocycles. The molecule has 0 atom stereocenters. The Bertz CT molecular complexity index is 757. The predicted octanol–water partition coefficient (Wildman–Crippen LogP) is 3.03. The Balaban J connectivity index is 2.09. The maximum atomic E-state index is 13.2. The lowest BCUT2D eigenvalue weighted by Crippen LogP contribution is -1.96. The maximum Gasteiger partial charge on any atom is 0.230 e. The van der Waals surface area contributed by atoms with Gasteiger partial charge in [0.15, 0.2) is 5.65 Å². The molecule has 0 bridgehead atoms. The van der Waals surface area contributed by atoms with E-state index in [4.69, 9.17) is 0 Å². The lowest BCUT2D eigenvalue weighted by atomic mass is 10.3. The van der Waals surface area contributed by atoms with Crippen LogP contribution in [0.3, 0.4) is 0 Å². The largest absolute Gasteiger partial charge is 0.492 e. The van der Waals surface area contributed by atoms with E-state index in [9.17, 15) is 9.50 Å². The Morgan fingerprint density at radius 3 is 2.95 bits per heavy atom. The number of rotatable bonds is 2. The molecule has 2 heterocycles. The molecule has 3 rings (SSSR count). The Labute approximate surface area is 112 Å². The topological polar surface area (TPSA) is 50.4 Å². The third kappa shape index (κ3) is 2.15. The molecule has 19 heavy (non-hydrogen) atoms. The number of aromatic nitrogens is 3. The van der Waals surface area contributed by atoms with E-state index >= 15 is 0 Å². The van der Waals surface area contributed by atoms with Crippen LogP contribution in [0, 0.1) is 12.7 Å². The quantitative estimate of drug-likeness (QED) is 0.781. The summed E-state index contributed by atoms with van der Waals surface area (Å²) in [7, 11) is 0. The van der Waals surface area contributed by atoms with Gasteiger partial charge in [0.25, 0.3) is 0 Å². The number of fused-ring (bicyclic) bond motifs is 1. The van der Waals surface area contributed by atoms with E-state index in [2.05, 4.69) is 10.1 Å². The van der Waals surface area contributed by atoms with E-state index < -0.39 is 0 Å². The van der Waals surface area contributed by atoms with E-state index in [1.807, 2.05) is 0 Å². The second kappa shape index (κ2) is 4.55. The van der Waals surface area contributed by atoms with Gasteiger partial charge in [0.2, 0.25) is 5.88 Å². The number of hydrogen-bond acceptors (Lipinski definition) is 4. The maximum absolute atomic E-state index is 13.2. The second-order valence-electron chi connectivity index (χ2n) is 4.01. The van der Waals surface area contributed by atoms with E-state index in [1.54, 1.807) is 31.3 Å². The molecule has 6 heteroatoms. The molecule has 2 aromatic heterocycles. The van der Waals surface area contributed by atoms with Gasteiger partial charge in [-0.25, -0.2) is 9.37 Å². The zero-order chi connectivity index (χ0) is 13.4. The van der Waals surface area contributed by atoms with Crippen molar-refractivity contribution < 1.29 is 9.50 Å². The molecule has 0 spiro atoms. The minimum atomic E-state index is -0.310. The van der Waals surface area contributed by atoms with E-state index in [0.717, 1.165) is 0 Å². The highest BCUT2D eigenvalue weighted by Gasteiger charge is 2.14. The highest BCUT2D eigenvalue weighted by Crippen LogP contribution is 2.36. The van der Waals surface area contributed by atoms with Crippen molar-refractivity contribution in [1.29, 1.82) is 0 Å². The molecule has 96 valence electrons.